The lowest BCUT2D eigenvalue weighted by Gasteiger charge is -2.37. The van der Waals surface area contributed by atoms with Crippen LogP contribution in [0.4, 0.5) is 11.4 Å². The van der Waals surface area contributed by atoms with Gasteiger partial charge in [0.1, 0.15) is 26.0 Å². The topological polar surface area (TPSA) is 344 Å². The minimum Gasteiger partial charge on any atom is -0.748 e. The molecule has 1 saturated heterocycles. The van der Waals surface area contributed by atoms with Crippen molar-refractivity contribution >= 4 is 65.3 Å². The number of Topliss-reactive ketones (excluding diaryl/α,β-unsaturated/α-hetero) is 1. The molecule has 0 bridgehead atoms. The van der Waals surface area contributed by atoms with Crippen LogP contribution >= 0.6 is 0 Å². The number of ketones is 1. The van der Waals surface area contributed by atoms with E-state index >= 15 is 0 Å². The van der Waals surface area contributed by atoms with Gasteiger partial charge in [-0.2, -0.15) is 0 Å². The van der Waals surface area contributed by atoms with E-state index in [-0.39, 0.29) is 108 Å². The van der Waals surface area contributed by atoms with Crippen molar-refractivity contribution in [2.24, 2.45) is 0 Å². The lowest BCUT2D eigenvalue weighted by Crippen LogP contribution is -2.44. The molecule has 2 amide bonds. The lowest BCUT2D eigenvalue weighted by molar-refractivity contribution is -0.197. The SMILES string of the molecule is COCCOCCOCCOCCOCCOCCN1c2ccc(S(=O)(=O)[O-])cc2C(C)(CCCS(=O)(=O)[O-])C1C=C1C(=O)C(/C=C2/N(CCCC(=O)ON3C(=O)CCC3=O)c3ccc(S(=O)(=O)[O-])cc3C2(C)CCOC)=C1O. The number of hydroxylamine groups is 2. The van der Waals surface area contributed by atoms with Crippen LogP contribution in [0.3, 0.4) is 0 Å². The van der Waals surface area contributed by atoms with Crippen LogP contribution < -0.4 is 9.80 Å². The summed E-state index contributed by atoms with van der Waals surface area (Å²) >= 11 is 0. The number of aliphatic hydroxyl groups is 1. The van der Waals surface area contributed by atoms with Crippen molar-refractivity contribution < 1.29 is 101 Å². The van der Waals surface area contributed by atoms with Gasteiger partial charge < -0.3 is 66.6 Å². The van der Waals surface area contributed by atoms with Crippen molar-refractivity contribution in [3.05, 3.63) is 82.3 Å². The highest BCUT2D eigenvalue weighted by molar-refractivity contribution is 7.86. The maximum atomic E-state index is 14.6. The van der Waals surface area contributed by atoms with Crippen molar-refractivity contribution in [2.45, 2.75) is 85.5 Å². The Labute approximate surface area is 459 Å². The molecule has 2 aromatic rings. The second-order valence-corrected chi connectivity index (χ2v) is 23.6. The summed E-state index contributed by atoms with van der Waals surface area (Å²) in [6.07, 6.45) is 2.18. The molecule has 438 valence electrons. The fourth-order valence-corrected chi connectivity index (χ4v) is 11.4. The Morgan fingerprint density at radius 1 is 0.684 bits per heavy atom. The molecule has 0 saturated carbocycles. The maximum Gasteiger partial charge on any atom is 0.333 e. The van der Waals surface area contributed by atoms with Gasteiger partial charge in [-0.1, -0.05) is 6.92 Å². The third-order valence-corrected chi connectivity index (χ3v) is 16.5. The predicted molar refractivity (Wildman–Crippen MR) is 275 cm³/mol. The number of imide groups is 1. The Balaban J connectivity index is 1.27. The molecule has 0 aromatic heterocycles. The van der Waals surface area contributed by atoms with Crippen molar-refractivity contribution in [1.82, 2.24) is 5.06 Å². The second kappa shape index (κ2) is 27.5. The average molecular weight is 1170 g/mol. The van der Waals surface area contributed by atoms with Crippen molar-refractivity contribution in [3.8, 4) is 0 Å². The number of amides is 2. The van der Waals surface area contributed by atoms with Crippen molar-refractivity contribution in [2.75, 3.05) is 122 Å². The van der Waals surface area contributed by atoms with Crippen molar-refractivity contribution in [1.29, 1.82) is 0 Å². The molecule has 28 heteroatoms. The first-order valence-electron chi connectivity index (χ1n) is 25.4. The number of aliphatic hydroxyl groups excluding tert-OH is 1. The van der Waals surface area contributed by atoms with E-state index in [4.69, 9.17) is 38.0 Å². The van der Waals surface area contributed by atoms with Crippen molar-refractivity contribution in [3.63, 3.8) is 0 Å². The number of benzene rings is 2. The van der Waals surface area contributed by atoms with Gasteiger partial charge in [0, 0.05) is 86.8 Å². The summed E-state index contributed by atoms with van der Waals surface area (Å²) in [4.78, 5) is 59.0. The van der Waals surface area contributed by atoms with E-state index in [2.05, 4.69) is 0 Å². The summed E-state index contributed by atoms with van der Waals surface area (Å²) in [5.41, 5.74) is -1.18. The summed E-state index contributed by atoms with van der Waals surface area (Å²) in [7, 11) is -11.7. The van der Waals surface area contributed by atoms with E-state index in [0.717, 1.165) is 12.1 Å². The van der Waals surface area contributed by atoms with E-state index < -0.39 is 92.1 Å². The first kappa shape index (κ1) is 63.0. The van der Waals surface area contributed by atoms with Gasteiger partial charge in [-0.25, -0.2) is 30.0 Å². The van der Waals surface area contributed by atoms with Crippen LogP contribution in [0.15, 0.2) is 80.9 Å². The zero-order valence-electron chi connectivity index (χ0n) is 44.3. The molecule has 2 aromatic carbocycles. The van der Waals surface area contributed by atoms with Gasteiger partial charge >= 0.3 is 5.97 Å². The molecule has 1 N–H and O–H groups in total. The first-order valence-corrected chi connectivity index (χ1v) is 29.8. The van der Waals surface area contributed by atoms with E-state index in [1.54, 1.807) is 30.8 Å². The van der Waals surface area contributed by atoms with Gasteiger partial charge in [0.25, 0.3) is 11.8 Å². The number of nitrogens with zero attached hydrogens (tertiary/aromatic N) is 3. The fraction of sp³-hybridized carbons (Fsp3) is 0.569. The third kappa shape index (κ3) is 15.8. The van der Waals surface area contributed by atoms with Gasteiger partial charge in [-0.05, 0) is 92.3 Å². The van der Waals surface area contributed by atoms with E-state index in [9.17, 15) is 63.2 Å². The normalized spacial score (nSPS) is 21.5. The molecule has 0 spiro atoms. The zero-order chi connectivity index (χ0) is 57.8. The maximum absolute atomic E-state index is 14.6. The van der Waals surface area contributed by atoms with Gasteiger partial charge in [-0.15, -0.1) is 5.06 Å². The largest absolute Gasteiger partial charge is 0.748 e. The van der Waals surface area contributed by atoms with Crippen LogP contribution in [0.1, 0.15) is 69.9 Å². The van der Waals surface area contributed by atoms with Crippen LogP contribution in [-0.4, -0.2) is 191 Å². The first-order chi connectivity index (χ1) is 37.4. The molecule has 0 radical (unpaired) electrons. The number of hydrogen-bond donors (Lipinski definition) is 1. The highest BCUT2D eigenvalue weighted by Crippen LogP contribution is 2.53. The number of carbonyl (C=O) groups excluding carboxylic acids is 4. The highest BCUT2D eigenvalue weighted by atomic mass is 32.2. The quantitative estimate of drug-likeness (QED) is 0.0455. The van der Waals surface area contributed by atoms with Crippen LogP contribution in [-0.2, 0) is 98.4 Å². The summed E-state index contributed by atoms with van der Waals surface area (Å²) in [6, 6.07) is 6.45. The van der Waals surface area contributed by atoms with Crippen LogP contribution in [0.2, 0.25) is 0 Å². The molecule has 3 aliphatic heterocycles. The molecule has 3 atom stereocenters. The van der Waals surface area contributed by atoms with E-state index in [0.29, 0.717) is 73.9 Å². The minimum atomic E-state index is -5.03. The molecule has 4 aliphatic rings. The molecule has 1 aliphatic carbocycles. The molecule has 6 rings (SSSR count). The number of rotatable bonds is 34. The molecule has 1 fully saturated rings. The van der Waals surface area contributed by atoms with E-state index in [1.807, 2.05) is 0 Å². The summed E-state index contributed by atoms with van der Waals surface area (Å²) < 4.78 is 148. The standard InChI is InChI=1S/C51H69N3O22S3/c1-50(14-6-30-77(60,61)62)39-31-35(78(63,64)65)9-11-42(39)53(17-19-71-22-23-73-26-27-75-29-28-74-25-24-72-21-20-70-4)43(50)33-37-48(58)38(49(37)59)34-44-51(2,15-18-69-3)40-32-36(79(66,67)68)8-10-41(40)52(44)16-5-7-47(57)76-54-45(55)12-13-46(54)56/h8-11,31-34,43,58H,5-7,12-30H2,1-4H3,(H,60,61,62)(H,63,64,65)(H,66,67,68)/p-3/b37-33?,44-34+. The Bertz CT molecular complexity index is 2980. The molecular formula is C51H66N3O22S3-3. The lowest BCUT2D eigenvalue weighted by atomic mass is 9.72. The minimum absolute atomic E-state index is 0.00730. The Kier molecular flexibility index (Phi) is 21.9. The number of methoxy groups -OCH3 is 2. The highest BCUT2D eigenvalue weighted by Gasteiger charge is 2.50. The average Bonchev–Trinajstić information content (AvgIpc) is 4.18. The molecule has 25 nitrogen and oxygen atoms in total. The Morgan fingerprint density at radius 2 is 1.20 bits per heavy atom. The van der Waals surface area contributed by atoms with Crippen LogP contribution in [0, 0.1) is 0 Å². The monoisotopic (exact) mass is 1170 g/mol. The summed E-state index contributed by atoms with van der Waals surface area (Å²) in [5.74, 6) is -4.21. The van der Waals surface area contributed by atoms with Crippen LogP contribution in [0.5, 0.6) is 0 Å². The zero-order valence-corrected chi connectivity index (χ0v) is 46.8. The Hall–Kier alpha value is -5.21. The van der Waals surface area contributed by atoms with E-state index in [1.165, 1.54) is 43.5 Å². The number of allylic oxidation sites excluding steroid dienone is 4. The summed E-state index contributed by atoms with van der Waals surface area (Å²) in [6.45, 7) is 6.95. The smallest absolute Gasteiger partial charge is 0.333 e. The molecule has 3 heterocycles. The number of anilines is 2. The van der Waals surface area contributed by atoms with Gasteiger partial charge in [0.05, 0.1) is 110 Å². The fourth-order valence-electron chi connectivity index (χ4n) is 9.92. The number of hydrogen-bond acceptors (Lipinski definition) is 24. The Morgan fingerprint density at radius 3 is 1.72 bits per heavy atom. The van der Waals surface area contributed by atoms with Gasteiger partial charge in [0.15, 0.2) is 5.78 Å². The molecule has 79 heavy (non-hydrogen) atoms. The third-order valence-electron chi connectivity index (χ3n) is 14.0. The van der Waals surface area contributed by atoms with Gasteiger partial charge in [0.2, 0.25) is 0 Å². The van der Waals surface area contributed by atoms with Gasteiger partial charge in [-0.3, -0.25) is 14.4 Å². The number of carbonyl (C=O) groups is 4. The predicted octanol–water partition coefficient (Wildman–Crippen LogP) is 2.40. The molecular weight excluding hydrogens is 1100 g/mol. The molecule has 3 unspecified atom stereocenters. The second-order valence-electron chi connectivity index (χ2n) is 19.3. The number of ether oxygens (including phenoxy) is 7. The number of fused-ring (bicyclic) bond motifs is 2. The summed E-state index contributed by atoms with van der Waals surface area (Å²) in [5, 5.41) is 12.4. The van der Waals surface area contributed by atoms with Crippen LogP contribution in [0.25, 0.3) is 0 Å².